The number of carbonyl (C=O) groups is 2. The molecule has 6 nitrogen and oxygen atoms in total. The van der Waals surface area contributed by atoms with Crippen molar-refractivity contribution in [2.75, 3.05) is 6.54 Å². The molecule has 0 aliphatic carbocycles. The number of nitrogens with one attached hydrogen (secondary N) is 2. The van der Waals surface area contributed by atoms with Crippen molar-refractivity contribution in [3.8, 4) is 0 Å². The van der Waals surface area contributed by atoms with E-state index in [0.29, 0.717) is 45.4 Å². The van der Waals surface area contributed by atoms with Crippen LogP contribution in [0.15, 0.2) is 48.8 Å². The van der Waals surface area contributed by atoms with Crippen LogP contribution in [0.4, 0.5) is 0 Å². The summed E-state index contributed by atoms with van der Waals surface area (Å²) in [6.07, 6.45) is 3.57. The molecule has 0 saturated carbocycles. The number of carbonyl (C=O) groups excluding carboxylic acids is 2. The first-order chi connectivity index (χ1) is 14.5. The number of nitrogens with two attached hydrogens (primary N) is 1. The van der Waals surface area contributed by atoms with Crippen LogP contribution in [0.2, 0.25) is 10.0 Å². The van der Waals surface area contributed by atoms with Crippen LogP contribution < -0.4 is 11.1 Å². The molecule has 0 fully saturated rings. The van der Waals surface area contributed by atoms with Gasteiger partial charge in [0.05, 0.1) is 11.1 Å². The quantitative estimate of drug-likeness (QED) is 0.421. The van der Waals surface area contributed by atoms with Gasteiger partial charge in [-0.05, 0) is 36.4 Å². The van der Waals surface area contributed by atoms with Crippen molar-refractivity contribution < 1.29 is 9.59 Å². The van der Waals surface area contributed by atoms with Gasteiger partial charge in [-0.2, -0.15) is 0 Å². The van der Waals surface area contributed by atoms with Crippen LogP contribution >= 0.6 is 23.2 Å². The number of aromatic amines is 1. The molecule has 30 heavy (non-hydrogen) atoms. The SMILES string of the molecule is NCCn1cc(C2=C(c3c[nH]c4ccc(Cl)cc34)C(=O)NC2=O)c2cc(Cl)ccc21. The molecule has 2 aromatic carbocycles. The van der Waals surface area contributed by atoms with Gasteiger partial charge in [0.1, 0.15) is 0 Å². The summed E-state index contributed by atoms with van der Waals surface area (Å²) in [5.41, 5.74) is 9.34. The third kappa shape index (κ3) is 2.84. The minimum absolute atomic E-state index is 0.306. The molecule has 2 amide bonds. The second-order valence-electron chi connectivity index (χ2n) is 7.11. The van der Waals surface area contributed by atoms with E-state index in [0.717, 1.165) is 21.8 Å². The van der Waals surface area contributed by atoms with Gasteiger partial charge in [-0.1, -0.05) is 23.2 Å². The highest BCUT2D eigenvalue weighted by molar-refractivity contribution is 6.51. The van der Waals surface area contributed by atoms with Crippen molar-refractivity contribution in [2.45, 2.75) is 6.54 Å². The van der Waals surface area contributed by atoms with Crippen LogP contribution in [0.25, 0.3) is 33.0 Å². The third-order valence-corrected chi connectivity index (χ3v) is 5.80. The van der Waals surface area contributed by atoms with E-state index in [2.05, 4.69) is 10.3 Å². The van der Waals surface area contributed by atoms with Gasteiger partial charge in [0.25, 0.3) is 11.8 Å². The number of benzene rings is 2. The monoisotopic (exact) mass is 438 g/mol. The number of fused-ring (bicyclic) bond motifs is 2. The number of aromatic nitrogens is 2. The lowest BCUT2D eigenvalue weighted by Gasteiger charge is -2.03. The molecular weight excluding hydrogens is 423 g/mol. The zero-order chi connectivity index (χ0) is 21.0. The summed E-state index contributed by atoms with van der Waals surface area (Å²) < 4.78 is 1.97. The summed E-state index contributed by atoms with van der Waals surface area (Å²) >= 11 is 12.4. The van der Waals surface area contributed by atoms with Crippen molar-refractivity contribution in [1.29, 1.82) is 0 Å². The maximum absolute atomic E-state index is 12.9. The predicted octanol–water partition coefficient (Wildman–Crippen LogP) is 3.96. The molecule has 150 valence electrons. The zero-order valence-corrected chi connectivity index (χ0v) is 17.1. The molecule has 3 heterocycles. The molecule has 2 aromatic heterocycles. The molecule has 0 bridgehead atoms. The van der Waals surface area contributed by atoms with Gasteiger partial charge >= 0.3 is 0 Å². The maximum atomic E-state index is 12.9. The Morgan fingerprint density at radius 3 is 2.30 bits per heavy atom. The number of amides is 2. The minimum atomic E-state index is -0.447. The van der Waals surface area contributed by atoms with E-state index < -0.39 is 11.8 Å². The Hall–Kier alpha value is -3.06. The summed E-state index contributed by atoms with van der Waals surface area (Å²) in [6, 6.07) is 10.9. The highest BCUT2D eigenvalue weighted by Crippen LogP contribution is 2.39. The molecule has 4 aromatic rings. The van der Waals surface area contributed by atoms with Crippen LogP contribution in [0, 0.1) is 0 Å². The molecule has 5 rings (SSSR count). The van der Waals surface area contributed by atoms with Gasteiger partial charge in [-0.3, -0.25) is 14.9 Å². The lowest BCUT2D eigenvalue weighted by molar-refractivity contribution is -0.122. The Balaban J connectivity index is 1.84. The number of hydrogen-bond donors (Lipinski definition) is 3. The third-order valence-electron chi connectivity index (χ3n) is 5.33. The molecule has 0 unspecified atom stereocenters. The van der Waals surface area contributed by atoms with Gasteiger partial charge in [-0.25, -0.2) is 0 Å². The van der Waals surface area contributed by atoms with Crippen LogP contribution in [0.3, 0.4) is 0 Å². The molecular formula is C22H16Cl2N4O2. The standard InChI is InChI=1S/C22H16Cl2N4O2/c23-11-1-3-17-13(7-11)15(9-26-17)19-20(22(30)27-21(19)29)16-10-28(6-5-25)18-4-2-12(24)8-14(16)18/h1-4,7-10,26H,5-6,25H2,(H,27,29,30). The second-order valence-corrected chi connectivity index (χ2v) is 7.98. The average molecular weight is 439 g/mol. The predicted molar refractivity (Wildman–Crippen MR) is 119 cm³/mol. The fraction of sp³-hybridized carbons (Fsp3) is 0.0909. The van der Waals surface area contributed by atoms with Crippen LogP contribution in [-0.4, -0.2) is 27.9 Å². The highest BCUT2D eigenvalue weighted by Gasteiger charge is 2.35. The first-order valence-corrected chi connectivity index (χ1v) is 10.1. The van der Waals surface area contributed by atoms with Gasteiger partial charge in [0.15, 0.2) is 0 Å². The van der Waals surface area contributed by atoms with Crippen molar-refractivity contribution in [3.05, 3.63) is 70.0 Å². The first kappa shape index (κ1) is 18.9. The molecule has 4 N–H and O–H groups in total. The van der Waals surface area contributed by atoms with Gasteiger partial charge in [0.2, 0.25) is 0 Å². The molecule has 1 aliphatic rings. The molecule has 0 atom stereocenters. The van der Waals surface area contributed by atoms with Crippen LogP contribution in [-0.2, 0) is 16.1 Å². The van der Waals surface area contributed by atoms with Gasteiger partial charge in [-0.15, -0.1) is 0 Å². The lowest BCUT2D eigenvalue weighted by atomic mass is 9.95. The van der Waals surface area contributed by atoms with E-state index >= 15 is 0 Å². The van der Waals surface area contributed by atoms with Crippen molar-refractivity contribution >= 4 is 68.0 Å². The number of halogens is 2. The van der Waals surface area contributed by atoms with Crippen molar-refractivity contribution in [3.63, 3.8) is 0 Å². The number of nitrogens with zero attached hydrogens (tertiary/aromatic N) is 1. The summed E-state index contributed by atoms with van der Waals surface area (Å²) in [6.45, 7) is 1.00. The number of imide groups is 1. The molecule has 0 spiro atoms. The summed E-state index contributed by atoms with van der Waals surface area (Å²) in [5, 5.41) is 5.07. The second kappa shape index (κ2) is 7.02. The summed E-state index contributed by atoms with van der Waals surface area (Å²) in [4.78, 5) is 28.9. The molecule has 0 saturated heterocycles. The van der Waals surface area contributed by atoms with E-state index in [4.69, 9.17) is 28.9 Å². The van der Waals surface area contributed by atoms with Gasteiger partial charge < -0.3 is 15.3 Å². The number of hydrogen-bond acceptors (Lipinski definition) is 3. The zero-order valence-electron chi connectivity index (χ0n) is 15.6. The smallest absolute Gasteiger partial charge is 0.259 e. The van der Waals surface area contributed by atoms with E-state index in [9.17, 15) is 9.59 Å². The van der Waals surface area contributed by atoms with E-state index in [-0.39, 0.29) is 0 Å². The van der Waals surface area contributed by atoms with Crippen LogP contribution in [0.1, 0.15) is 11.1 Å². The lowest BCUT2D eigenvalue weighted by Crippen LogP contribution is -2.22. The van der Waals surface area contributed by atoms with Gasteiger partial charge in [0, 0.05) is 68.5 Å². The largest absolute Gasteiger partial charge is 0.361 e. The molecule has 1 aliphatic heterocycles. The number of rotatable bonds is 4. The van der Waals surface area contributed by atoms with Crippen molar-refractivity contribution in [1.82, 2.24) is 14.9 Å². The minimum Gasteiger partial charge on any atom is -0.361 e. The normalized spacial score (nSPS) is 14.4. The Morgan fingerprint density at radius 1 is 0.900 bits per heavy atom. The Bertz CT molecular complexity index is 1400. The number of H-pyrrole nitrogens is 1. The fourth-order valence-corrected chi connectivity index (χ4v) is 4.41. The van der Waals surface area contributed by atoms with E-state index in [1.54, 1.807) is 30.5 Å². The maximum Gasteiger partial charge on any atom is 0.259 e. The summed E-state index contributed by atoms with van der Waals surface area (Å²) in [7, 11) is 0. The molecule has 0 radical (unpaired) electrons. The average Bonchev–Trinajstić information content (AvgIpc) is 3.35. The highest BCUT2D eigenvalue weighted by atomic mass is 35.5. The van der Waals surface area contributed by atoms with Crippen molar-refractivity contribution in [2.24, 2.45) is 5.73 Å². The Kier molecular flexibility index (Phi) is 4.43. The molecule has 8 heteroatoms. The topological polar surface area (TPSA) is 92.9 Å². The Labute approximate surface area is 181 Å². The van der Waals surface area contributed by atoms with Crippen LogP contribution in [0.5, 0.6) is 0 Å². The first-order valence-electron chi connectivity index (χ1n) is 9.33. The summed E-state index contributed by atoms with van der Waals surface area (Å²) in [5.74, 6) is -0.893. The van der Waals surface area contributed by atoms with E-state index in [1.165, 1.54) is 0 Å². The van der Waals surface area contributed by atoms with E-state index in [1.807, 2.05) is 22.9 Å². The fourth-order valence-electron chi connectivity index (χ4n) is 4.06. The Morgan fingerprint density at radius 2 is 1.57 bits per heavy atom.